The largest absolute Gasteiger partial charge is 0.369 e. The maximum Gasteiger partial charge on any atom is 0.227 e. The first-order chi connectivity index (χ1) is 8.49. The molecule has 0 bridgehead atoms. The standard InChI is InChI=1S/C11H15ClN2O2S2/c1-7(8-2-3-9(12)18-8)14-11(16)4-5-17-6-10(13)15/h2-3,7H,4-6H2,1H3,(H2,13,15)(H,14,16)/t7-/m0/s1. The Hall–Kier alpha value is -0.720. The number of hydrogen-bond donors (Lipinski definition) is 2. The van der Waals surface area contributed by atoms with E-state index in [1.54, 1.807) is 0 Å². The fraction of sp³-hybridized carbons (Fsp3) is 0.455. The van der Waals surface area contributed by atoms with Gasteiger partial charge in [0.15, 0.2) is 0 Å². The Morgan fingerprint density at radius 2 is 2.28 bits per heavy atom. The molecule has 1 aromatic rings. The molecule has 4 nitrogen and oxygen atoms in total. The number of carbonyl (C=O) groups excluding carboxylic acids is 2. The van der Waals surface area contributed by atoms with E-state index in [0.717, 1.165) is 4.88 Å². The molecule has 0 fully saturated rings. The fourth-order valence-corrected chi connectivity index (χ4v) is 3.02. The van der Waals surface area contributed by atoms with Crippen LogP contribution in [0.25, 0.3) is 0 Å². The lowest BCUT2D eigenvalue weighted by molar-refractivity contribution is -0.121. The van der Waals surface area contributed by atoms with E-state index in [2.05, 4.69) is 5.32 Å². The molecule has 0 aromatic carbocycles. The van der Waals surface area contributed by atoms with E-state index in [4.69, 9.17) is 17.3 Å². The van der Waals surface area contributed by atoms with Crippen LogP contribution in [-0.2, 0) is 9.59 Å². The second-order valence-corrected chi connectivity index (χ2v) is 6.55. The molecular formula is C11H15ClN2O2S2. The molecule has 18 heavy (non-hydrogen) atoms. The van der Waals surface area contributed by atoms with Crippen molar-refractivity contribution >= 4 is 46.5 Å². The number of primary amides is 1. The molecule has 1 aromatic heterocycles. The van der Waals surface area contributed by atoms with Gasteiger partial charge in [0.25, 0.3) is 0 Å². The molecule has 1 heterocycles. The maximum absolute atomic E-state index is 11.6. The van der Waals surface area contributed by atoms with Crippen LogP contribution < -0.4 is 11.1 Å². The molecule has 0 aliphatic carbocycles. The lowest BCUT2D eigenvalue weighted by Crippen LogP contribution is -2.26. The first-order valence-electron chi connectivity index (χ1n) is 5.39. The van der Waals surface area contributed by atoms with Crippen molar-refractivity contribution in [1.82, 2.24) is 5.32 Å². The van der Waals surface area contributed by atoms with Crippen molar-refractivity contribution in [3.8, 4) is 0 Å². The second-order valence-electron chi connectivity index (χ2n) is 3.70. The van der Waals surface area contributed by atoms with Crippen LogP contribution in [0.15, 0.2) is 12.1 Å². The van der Waals surface area contributed by atoms with E-state index in [1.807, 2.05) is 19.1 Å². The monoisotopic (exact) mass is 306 g/mol. The fourth-order valence-electron chi connectivity index (χ4n) is 1.28. The number of thioether (sulfide) groups is 1. The van der Waals surface area contributed by atoms with Crippen molar-refractivity contribution in [3.05, 3.63) is 21.3 Å². The topological polar surface area (TPSA) is 72.2 Å². The highest BCUT2D eigenvalue weighted by Crippen LogP contribution is 2.26. The van der Waals surface area contributed by atoms with Gasteiger partial charge < -0.3 is 11.1 Å². The summed E-state index contributed by atoms with van der Waals surface area (Å²) in [6, 6.07) is 3.67. The zero-order chi connectivity index (χ0) is 13.5. The molecule has 3 N–H and O–H groups in total. The van der Waals surface area contributed by atoms with Crippen molar-refractivity contribution in [1.29, 1.82) is 0 Å². The third-order valence-corrected chi connectivity index (χ3v) is 4.51. The van der Waals surface area contributed by atoms with Gasteiger partial charge in [0.2, 0.25) is 11.8 Å². The molecule has 2 amide bonds. The van der Waals surface area contributed by atoms with Gasteiger partial charge in [-0.05, 0) is 19.1 Å². The van der Waals surface area contributed by atoms with Gasteiger partial charge in [-0.2, -0.15) is 11.8 Å². The number of nitrogens with two attached hydrogens (primary N) is 1. The normalized spacial score (nSPS) is 12.1. The van der Waals surface area contributed by atoms with Gasteiger partial charge in [-0.1, -0.05) is 11.6 Å². The van der Waals surface area contributed by atoms with E-state index in [9.17, 15) is 9.59 Å². The summed E-state index contributed by atoms with van der Waals surface area (Å²) in [6.45, 7) is 1.91. The Bertz CT molecular complexity index is 423. The Morgan fingerprint density at radius 3 is 2.83 bits per heavy atom. The van der Waals surface area contributed by atoms with Gasteiger partial charge in [-0.15, -0.1) is 11.3 Å². The van der Waals surface area contributed by atoms with Crippen molar-refractivity contribution in [2.45, 2.75) is 19.4 Å². The van der Waals surface area contributed by atoms with E-state index in [1.165, 1.54) is 23.1 Å². The summed E-state index contributed by atoms with van der Waals surface area (Å²) in [5, 5.41) is 2.88. The lowest BCUT2D eigenvalue weighted by atomic mass is 10.2. The first kappa shape index (κ1) is 15.3. The van der Waals surface area contributed by atoms with E-state index >= 15 is 0 Å². The molecule has 0 radical (unpaired) electrons. The molecule has 1 atom stereocenters. The van der Waals surface area contributed by atoms with Crippen molar-refractivity contribution in [2.75, 3.05) is 11.5 Å². The number of halogens is 1. The molecule has 1 rings (SSSR count). The van der Waals surface area contributed by atoms with Gasteiger partial charge in [0.05, 0.1) is 16.1 Å². The highest BCUT2D eigenvalue weighted by Gasteiger charge is 2.11. The summed E-state index contributed by atoms with van der Waals surface area (Å²) < 4.78 is 0.711. The number of nitrogens with one attached hydrogen (secondary N) is 1. The molecule has 0 saturated heterocycles. The number of amides is 2. The molecule has 7 heteroatoms. The minimum absolute atomic E-state index is 0.0380. The summed E-state index contributed by atoms with van der Waals surface area (Å²) in [6.07, 6.45) is 0.376. The van der Waals surface area contributed by atoms with E-state index in [0.29, 0.717) is 16.5 Å². The van der Waals surface area contributed by atoms with E-state index < -0.39 is 0 Å². The molecular weight excluding hydrogens is 292 g/mol. The summed E-state index contributed by atoms with van der Waals surface area (Å²) in [5.41, 5.74) is 5.00. The average Bonchev–Trinajstić information content (AvgIpc) is 2.71. The van der Waals surface area contributed by atoms with Gasteiger partial charge in [-0.25, -0.2) is 0 Å². The number of carbonyl (C=O) groups is 2. The average molecular weight is 307 g/mol. The minimum atomic E-state index is -0.359. The van der Waals surface area contributed by atoms with Crippen molar-refractivity contribution in [2.24, 2.45) is 5.73 Å². The van der Waals surface area contributed by atoms with E-state index in [-0.39, 0.29) is 23.6 Å². The van der Waals surface area contributed by atoms with Crippen molar-refractivity contribution in [3.63, 3.8) is 0 Å². The first-order valence-corrected chi connectivity index (χ1v) is 7.74. The summed E-state index contributed by atoms with van der Waals surface area (Å²) in [4.78, 5) is 23.1. The predicted molar refractivity (Wildman–Crippen MR) is 77.0 cm³/mol. The molecule has 0 aliphatic rings. The summed E-state index contributed by atoms with van der Waals surface area (Å²) >= 11 is 8.65. The van der Waals surface area contributed by atoms with Crippen LogP contribution >= 0.6 is 34.7 Å². The Morgan fingerprint density at radius 1 is 1.56 bits per heavy atom. The molecule has 0 aliphatic heterocycles. The summed E-state index contributed by atoms with van der Waals surface area (Å²) in [7, 11) is 0. The minimum Gasteiger partial charge on any atom is -0.369 e. The Labute approximate surface area is 119 Å². The smallest absolute Gasteiger partial charge is 0.227 e. The number of hydrogen-bond acceptors (Lipinski definition) is 4. The van der Waals surface area contributed by atoms with Gasteiger partial charge in [0, 0.05) is 17.1 Å². The van der Waals surface area contributed by atoms with Crippen LogP contribution in [0.5, 0.6) is 0 Å². The van der Waals surface area contributed by atoms with Crippen LogP contribution in [0.3, 0.4) is 0 Å². The summed E-state index contributed by atoms with van der Waals surface area (Å²) in [5.74, 6) is 0.446. The Balaban J connectivity index is 2.25. The highest BCUT2D eigenvalue weighted by atomic mass is 35.5. The van der Waals surface area contributed by atoms with Crippen molar-refractivity contribution < 1.29 is 9.59 Å². The third-order valence-electron chi connectivity index (χ3n) is 2.12. The second kappa shape index (κ2) is 7.66. The SMILES string of the molecule is C[C@H](NC(=O)CCSCC(N)=O)c1ccc(Cl)s1. The zero-order valence-corrected chi connectivity index (χ0v) is 12.3. The highest BCUT2D eigenvalue weighted by molar-refractivity contribution is 7.99. The third kappa shape index (κ3) is 5.75. The maximum atomic E-state index is 11.6. The van der Waals surface area contributed by atoms with Gasteiger partial charge >= 0.3 is 0 Å². The van der Waals surface area contributed by atoms with Gasteiger partial charge in [0.1, 0.15) is 0 Å². The number of thiophene rings is 1. The predicted octanol–water partition coefficient (Wildman–Crippen LogP) is 2.19. The number of rotatable bonds is 7. The Kier molecular flexibility index (Phi) is 6.52. The van der Waals surface area contributed by atoms with Crippen LogP contribution in [0.1, 0.15) is 24.3 Å². The van der Waals surface area contributed by atoms with Gasteiger partial charge in [-0.3, -0.25) is 9.59 Å². The quantitative estimate of drug-likeness (QED) is 0.758. The van der Waals surface area contributed by atoms with Crippen LogP contribution in [0.2, 0.25) is 4.34 Å². The molecule has 0 saturated carbocycles. The van der Waals surface area contributed by atoms with Crippen LogP contribution in [-0.4, -0.2) is 23.3 Å². The molecule has 100 valence electrons. The molecule has 0 unspecified atom stereocenters. The van der Waals surface area contributed by atoms with Crippen LogP contribution in [0, 0.1) is 0 Å². The molecule has 0 spiro atoms. The van der Waals surface area contributed by atoms with Crippen LogP contribution in [0.4, 0.5) is 0 Å². The zero-order valence-electron chi connectivity index (χ0n) is 9.94. The lowest BCUT2D eigenvalue weighted by Gasteiger charge is -2.11.